The lowest BCUT2D eigenvalue weighted by Gasteiger charge is -2.23. The van der Waals surface area contributed by atoms with E-state index in [9.17, 15) is 4.79 Å². The first kappa shape index (κ1) is 21.2. The van der Waals surface area contributed by atoms with Crippen molar-refractivity contribution < 1.29 is 14.3 Å². The number of ether oxygens (including phenoxy) is 2. The van der Waals surface area contributed by atoms with Gasteiger partial charge in [-0.25, -0.2) is 0 Å². The summed E-state index contributed by atoms with van der Waals surface area (Å²) in [5.74, 6) is 2.14. The zero-order chi connectivity index (χ0) is 19.8. The third kappa shape index (κ3) is 6.51. The number of benzene rings is 2. The highest BCUT2D eigenvalue weighted by Crippen LogP contribution is 2.28. The van der Waals surface area contributed by atoms with Crippen LogP contribution in [0.3, 0.4) is 0 Å². The van der Waals surface area contributed by atoms with Crippen molar-refractivity contribution in [1.82, 2.24) is 5.32 Å². The van der Waals surface area contributed by atoms with Gasteiger partial charge in [0.2, 0.25) is 5.91 Å². The predicted molar refractivity (Wildman–Crippen MR) is 112 cm³/mol. The maximum atomic E-state index is 12.8. The standard InChI is InChI=1S/C22H29NO3S/c1-15(2)14-21(17-6-8-18(25-4)9-7-17)23-22(24)16(3)27-20-12-10-19(26-5)11-13-20/h6-13,15-16,21H,14H2,1-5H3,(H,23,24)/t16-,21+/m1/s1. The third-order valence-electron chi connectivity index (χ3n) is 4.28. The first-order valence-electron chi connectivity index (χ1n) is 9.18. The van der Waals surface area contributed by atoms with Gasteiger partial charge in [-0.05, 0) is 61.2 Å². The van der Waals surface area contributed by atoms with Crippen molar-refractivity contribution in [2.75, 3.05) is 14.2 Å². The van der Waals surface area contributed by atoms with Gasteiger partial charge in [0.1, 0.15) is 11.5 Å². The molecule has 1 N–H and O–H groups in total. The molecule has 0 aliphatic heterocycles. The quantitative estimate of drug-likeness (QED) is 0.609. The van der Waals surface area contributed by atoms with E-state index in [1.807, 2.05) is 55.5 Å². The van der Waals surface area contributed by atoms with E-state index in [2.05, 4.69) is 19.2 Å². The predicted octanol–water partition coefficient (Wildman–Crippen LogP) is 5.09. The Balaban J connectivity index is 2.04. The molecular weight excluding hydrogens is 358 g/mol. The van der Waals surface area contributed by atoms with E-state index >= 15 is 0 Å². The molecule has 0 aromatic heterocycles. The first-order valence-corrected chi connectivity index (χ1v) is 10.1. The Morgan fingerprint density at radius 2 is 1.44 bits per heavy atom. The molecule has 0 saturated carbocycles. The van der Waals surface area contributed by atoms with Gasteiger partial charge in [-0.2, -0.15) is 0 Å². The number of hydrogen-bond donors (Lipinski definition) is 1. The summed E-state index contributed by atoms with van der Waals surface area (Å²) in [6.45, 7) is 6.26. The minimum Gasteiger partial charge on any atom is -0.497 e. The molecule has 0 fully saturated rings. The Kier molecular flexibility index (Phi) is 8.04. The minimum absolute atomic E-state index is 0.0117. The summed E-state index contributed by atoms with van der Waals surface area (Å²) in [6, 6.07) is 15.7. The normalized spacial score (nSPS) is 13.1. The van der Waals surface area contributed by atoms with Crippen molar-refractivity contribution in [1.29, 1.82) is 0 Å². The van der Waals surface area contributed by atoms with E-state index in [1.54, 1.807) is 26.0 Å². The van der Waals surface area contributed by atoms with Crippen LogP contribution in [0.25, 0.3) is 0 Å². The molecule has 2 rings (SSSR count). The largest absolute Gasteiger partial charge is 0.497 e. The summed E-state index contributed by atoms with van der Waals surface area (Å²) in [5.41, 5.74) is 1.10. The van der Waals surface area contributed by atoms with Gasteiger partial charge in [-0.1, -0.05) is 26.0 Å². The van der Waals surface area contributed by atoms with Crippen LogP contribution in [0.1, 0.15) is 38.8 Å². The molecule has 0 aliphatic rings. The summed E-state index contributed by atoms with van der Waals surface area (Å²) in [4.78, 5) is 13.8. The number of methoxy groups -OCH3 is 2. The van der Waals surface area contributed by atoms with Crippen LogP contribution in [0, 0.1) is 5.92 Å². The SMILES string of the molecule is COc1ccc(S[C@H](C)C(=O)N[C@@H](CC(C)C)c2ccc(OC)cc2)cc1. The molecule has 5 heteroatoms. The fraction of sp³-hybridized carbons (Fsp3) is 0.409. The summed E-state index contributed by atoms with van der Waals surface area (Å²) in [6.07, 6.45) is 0.887. The van der Waals surface area contributed by atoms with Gasteiger partial charge < -0.3 is 14.8 Å². The molecule has 0 saturated heterocycles. The first-order chi connectivity index (χ1) is 12.9. The van der Waals surface area contributed by atoms with Crippen molar-refractivity contribution >= 4 is 17.7 Å². The van der Waals surface area contributed by atoms with Crippen molar-refractivity contribution in [3.8, 4) is 11.5 Å². The molecule has 0 bridgehead atoms. The van der Waals surface area contributed by atoms with E-state index in [0.717, 1.165) is 28.4 Å². The molecule has 27 heavy (non-hydrogen) atoms. The second-order valence-corrected chi connectivity index (χ2v) is 8.31. The van der Waals surface area contributed by atoms with Crippen molar-refractivity contribution in [2.24, 2.45) is 5.92 Å². The number of carbonyl (C=O) groups is 1. The molecular formula is C22H29NO3S. The van der Waals surface area contributed by atoms with Crippen LogP contribution in [0.5, 0.6) is 11.5 Å². The van der Waals surface area contributed by atoms with Gasteiger partial charge in [0.25, 0.3) is 0 Å². The highest BCUT2D eigenvalue weighted by Gasteiger charge is 2.21. The van der Waals surface area contributed by atoms with Crippen LogP contribution in [-0.2, 0) is 4.79 Å². The fourth-order valence-corrected chi connectivity index (χ4v) is 3.66. The van der Waals surface area contributed by atoms with Crippen molar-refractivity contribution in [3.63, 3.8) is 0 Å². The van der Waals surface area contributed by atoms with Crippen LogP contribution < -0.4 is 14.8 Å². The van der Waals surface area contributed by atoms with Gasteiger partial charge in [-0.15, -0.1) is 11.8 Å². The fourth-order valence-electron chi connectivity index (χ4n) is 2.79. The molecule has 146 valence electrons. The van der Waals surface area contributed by atoms with E-state index in [-0.39, 0.29) is 17.2 Å². The second kappa shape index (κ2) is 10.3. The van der Waals surface area contributed by atoms with Crippen LogP contribution in [0.15, 0.2) is 53.4 Å². The maximum Gasteiger partial charge on any atom is 0.233 e. The van der Waals surface area contributed by atoms with Crippen molar-refractivity contribution in [3.05, 3.63) is 54.1 Å². The Labute approximate surface area is 166 Å². The van der Waals surface area contributed by atoms with Crippen LogP contribution in [0.2, 0.25) is 0 Å². The molecule has 4 nitrogen and oxygen atoms in total. The van der Waals surface area contributed by atoms with E-state index in [0.29, 0.717) is 5.92 Å². The number of thioether (sulfide) groups is 1. The van der Waals surface area contributed by atoms with Crippen LogP contribution >= 0.6 is 11.8 Å². The summed E-state index contributed by atoms with van der Waals surface area (Å²) >= 11 is 1.55. The number of hydrogen-bond acceptors (Lipinski definition) is 4. The summed E-state index contributed by atoms with van der Waals surface area (Å²) < 4.78 is 10.4. The van der Waals surface area contributed by atoms with Gasteiger partial charge in [-0.3, -0.25) is 4.79 Å². The Morgan fingerprint density at radius 1 is 0.926 bits per heavy atom. The molecule has 0 aliphatic carbocycles. The average molecular weight is 388 g/mol. The number of rotatable bonds is 9. The van der Waals surface area contributed by atoms with Gasteiger partial charge in [0.15, 0.2) is 0 Å². The van der Waals surface area contributed by atoms with Gasteiger partial charge >= 0.3 is 0 Å². The average Bonchev–Trinajstić information content (AvgIpc) is 2.67. The van der Waals surface area contributed by atoms with E-state index < -0.39 is 0 Å². The topological polar surface area (TPSA) is 47.6 Å². The highest BCUT2D eigenvalue weighted by atomic mass is 32.2. The monoisotopic (exact) mass is 387 g/mol. The smallest absolute Gasteiger partial charge is 0.233 e. The van der Waals surface area contributed by atoms with E-state index in [4.69, 9.17) is 9.47 Å². The Hall–Kier alpha value is -2.14. The molecule has 0 unspecified atom stereocenters. The number of amides is 1. The molecule has 1 amide bonds. The molecule has 2 aromatic rings. The maximum absolute atomic E-state index is 12.8. The number of nitrogens with one attached hydrogen (secondary N) is 1. The third-order valence-corrected chi connectivity index (χ3v) is 5.40. The lowest BCUT2D eigenvalue weighted by molar-refractivity contribution is -0.121. The lowest BCUT2D eigenvalue weighted by Crippen LogP contribution is -2.35. The van der Waals surface area contributed by atoms with Crippen LogP contribution in [0.4, 0.5) is 0 Å². The molecule has 2 aromatic carbocycles. The zero-order valence-electron chi connectivity index (χ0n) is 16.7. The molecule has 2 atom stereocenters. The van der Waals surface area contributed by atoms with Crippen LogP contribution in [-0.4, -0.2) is 25.4 Å². The zero-order valence-corrected chi connectivity index (χ0v) is 17.5. The molecule has 0 heterocycles. The summed E-state index contributed by atoms with van der Waals surface area (Å²) in [5, 5.41) is 3.03. The number of carbonyl (C=O) groups excluding carboxylic acids is 1. The Morgan fingerprint density at radius 3 is 1.93 bits per heavy atom. The highest BCUT2D eigenvalue weighted by molar-refractivity contribution is 8.00. The van der Waals surface area contributed by atoms with Gasteiger partial charge in [0.05, 0.1) is 25.5 Å². The second-order valence-electron chi connectivity index (χ2n) is 6.90. The van der Waals surface area contributed by atoms with E-state index in [1.165, 1.54) is 0 Å². The summed E-state index contributed by atoms with van der Waals surface area (Å²) in [7, 11) is 3.30. The van der Waals surface area contributed by atoms with Gasteiger partial charge in [0, 0.05) is 4.90 Å². The minimum atomic E-state index is -0.189. The lowest BCUT2D eigenvalue weighted by atomic mass is 9.96. The Bertz CT molecular complexity index is 713. The van der Waals surface area contributed by atoms with Crippen molar-refractivity contribution in [2.45, 2.75) is 43.4 Å². The molecule has 0 spiro atoms. The molecule has 0 radical (unpaired) electrons.